The van der Waals surface area contributed by atoms with Crippen LogP contribution >= 0.6 is 15.9 Å². The summed E-state index contributed by atoms with van der Waals surface area (Å²) >= 11 is 3.07. The lowest BCUT2D eigenvalue weighted by Crippen LogP contribution is -2.40. The van der Waals surface area contributed by atoms with Gasteiger partial charge in [0.15, 0.2) is 0 Å². The normalized spacial score (nSPS) is 20.3. The molecule has 1 heterocycles. The van der Waals surface area contributed by atoms with Gasteiger partial charge in [-0.3, -0.25) is 4.79 Å². The molecule has 0 aromatic heterocycles. The molecule has 1 unspecified atom stereocenters. The summed E-state index contributed by atoms with van der Waals surface area (Å²) in [6.07, 6.45) is -0.719. The summed E-state index contributed by atoms with van der Waals surface area (Å²) in [5, 5.41) is 0.342. The van der Waals surface area contributed by atoms with E-state index in [0.717, 1.165) is 24.2 Å². The van der Waals surface area contributed by atoms with Crippen molar-refractivity contribution < 1.29 is 22.7 Å². The Kier molecular flexibility index (Phi) is 7.13. The Morgan fingerprint density at radius 2 is 2.11 bits per heavy atom. The lowest BCUT2D eigenvalue weighted by atomic mass is 10.0. The highest BCUT2D eigenvalue weighted by Crippen LogP contribution is 2.20. The fraction of sp³-hybridized carbons (Fsp3) is 0.917. The minimum absolute atomic E-state index is 0.0226. The van der Waals surface area contributed by atoms with Crippen LogP contribution in [0.3, 0.4) is 0 Å². The van der Waals surface area contributed by atoms with Crippen molar-refractivity contribution >= 4 is 21.8 Å². The molecule has 1 atom stereocenters. The quantitative estimate of drug-likeness (QED) is 0.692. The Balaban J connectivity index is 2.38. The number of amides is 1. The summed E-state index contributed by atoms with van der Waals surface area (Å²) in [5.41, 5.74) is 0. The summed E-state index contributed by atoms with van der Waals surface area (Å²) in [5.74, 6) is -0.453. The fourth-order valence-corrected chi connectivity index (χ4v) is 2.52. The Morgan fingerprint density at radius 3 is 2.63 bits per heavy atom. The van der Waals surface area contributed by atoms with Crippen molar-refractivity contribution in [2.75, 3.05) is 25.0 Å². The maximum atomic E-state index is 12.4. The highest BCUT2D eigenvalue weighted by molar-refractivity contribution is 9.09. The van der Waals surface area contributed by atoms with Gasteiger partial charge in [-0.25, -0.2) is 0 Å². The molecule has 1 fully saturated rings. The molecule has 1 saturated heterocycles. The molecule has 0 aliphatic carbocycles. The second kappa shape index (κ2) is 8.09. The van der Waals surface area contributed by atoms with Gasteiger partial charge in [0.05, 0.1) is 6.10 Å². The number of carbonyl (C=O) groups is 1. The van der Waals surface area contributed by atoms with E-state index < -0.39 is 18.6 Å². The SMILES string of the molecule is O=C(CCC1CCCCO1)N(CCBr)CC(F)(F)F. The van der Waals surface area contributed by atoms with E-state index >= 15 is 0 Å². The summed E-state index contributed by atoms with van der Waals surface area (Å²) in [7, 11) is 0. The molecule has 0 bridgehead atoms. The molecule has 0 aromatic carbocycles. The lowest BCUT2D eigenvalue weighted by molar-refractivity contribution is -0.161. The van der Waals surface area contributed by atoms with Crippen molar-refractivity contribution in [2.45, 2.75) is 44.4 Å². The summed E-state index contributed by atoms with van der Waals surface area (Å²) < 4.78 is 42.5. The first-order valence-corrected chi connectivity index (χ1v) is 7.56. The molecule has 19 heavy (non-hydrogen) atoms. The molecule has 0 spiro atoms. The summed E-state index contributed by atoms with van der Waals surface area (Å²) in [4.78, 5) is 12.7. The van der Waals surface area contributed by atoms with Crippen LogP contribution in [0.2, 0.25) is 0 Å². The summed E-state index contributed by atoms with van der Waals surface area (Å²) in [6.45, 7) is -0.417. The number of hydrogen-bond acceptors (Lipinski definition) is 2. The van der Waals surface area contributed by atoms with Crippen LogP contribution in [-0.2, 0) is 9.53 Å². The maximum absolute atomic E-state index is 12.4. The molecule has 3 nitrogen and oxygen atoms in total. The Labute approximate surface area is 119 Å². The van der Waals surface area contributed by atoms with Crippen LogP contribution in [0.4, 0.5) is 13.2 Å². The van der Waals surface area contributed by atoms with E-state index in [1.54, 1.807) is 0 Å². The van der Waals surface area contributed by atoms with Gasteiger partial charge < -0.3 is 9.64 Å². The van der Waals surface area contributed by atoms with E-state index in [4.69, 9.17) is 4.74 Å². The number of nitrogens with zero attached hydrogens (tertiary/aromatic N) is 1. The number of ether oxygens (including phenoxy) is 1. The van der Waals surface area contributed by atoms with Crippen LogP contribution in [0.15, 0.2) is 0 Å². The third-order valence-electron chi connectivity index (χ3n) is 3.03. The zero-order valence-corrected chi connectivity index (χ0v) is 12.3. The minimum atomic E-state index is -4.35. The van der Waals surface area contributed by atoms with Gasteiger partial charge in [-0.1, -0.05) is 15.9 Å². The Morgan fingerprint density at radius 1 is 1.37 bits per heavy atom. The van der Waals surface area contributed by atoms with Gasteiger partial charge in [0, 0.05) is 24.9 Å². The van der Waals surface area contributed by atoms with Crippen molar-refractivity contribution in [1.82, 2.24) is 4.90 Å². The standard InChI is InChI=1S/C12H19BrF3NO2/c13-6-7-17(9-12(14,15)16)11(18)5-4-10-3-1-2-8-19-10/h10H,1-9H2. The third-order valence-corrected chi connectivity index (χ3v) is 3.39. The number of rotatable bonds is 6. The fourth-order valence-electron chi connectivity index (χ4n) is 2.09. The van der Waals surface area contributed by atoms with Gasteiger partial charge in [-0.05, 0) is 25.7 Å². The zero-order valence-electron chi connectivity index (χ0n) is 10.7. The van der Waals surface area contributed by atoms with Gasteiger partial charge in [0.2, 0.25) is 5.91 Å². The molecule has 0 N–H and O–H groups in total. The average molecular weight is 346 g/mol. The number of alkyl halides is 4. The number of halogens is 4. The van der Waals surface area contributed by atoms with E-state index in [0.29, 0.717) is 18.4 Å². The van der Waals surface area contributed by atoms with Crippen molar-refractivity contribution in [1.29, 1.82) is 0 Å². The highest BCUT2D eigenvalue weighted by Gasteiger charge is 2.32. The van der Waals surface area contributed by atoms with E-state index in [2.05, 4.69) is 15.9 Å². The monoisotopic (exact) mass is 345 g/mol. The predicted molar refractivity (Wildman–Crippen MR) is 69.3 cm³/mol. The third kappa shape index (κ3) is 7.15. The van der Waals surface area contributed by atoms with Crippen LogP contribution < -0.4 is 0 Å². The van der Waals surface area contributed by atoms with Crippen LogP contribution in [0.5, 0.6) is 0 Å². The van der Waals surface area contributed by atoms with Crippen molar-refractivity contribution in [3.8, 4) is 0 Å². The molecule has 1 aliphatic heterocycles. The Bertz CT molecular complexity index is 281. The lowest BCUT2D eigenvalue weighted by Gasteiger charge is -2.26. The van der Waals surface area contributed by atoms with Crippen LogP contribution in [0.1, 0.15) is 32.1 Å². The van der Waals surface area contributed by atoms with Gasteiger partial charge >= 0.3 is 6.18 Å². The minimum Gasteiger partial charge on any atom is -0.378 e. The van der Waals surface area contributed by atoms with E-state index in [1.807, 2.05) is 0 Å². The molecular formula is C12H19BrF3NO2. The summed E-state index contributed by atoms with van der Waals surface area (Å²) in [6, 6.07) is 0. The largest absolute Gasteiger partial charge is 0.406 e. The molecule has 0 radical (unpaired) electrons. The van der Waals surface area contributed by atoms with Crippen LogP contribution in [-0.4, -0.2) is 48.1 Å². The van der Waals surface area contributed by atoms with Gasteiger partial charge in [-0.15, -0.1) is 0 Å². The first kappa shape index (κ1) is 16.8. The second-order valence-electron chi connectivity index (χ2n) is 4.65. The highest BCUT2D eigenvalue weighted by atomic mass is 79.9. The molecule has 1 rings (SSSR count). The Hall–Kier alpha value is -0.300. The van der Waals surface area contributed by atoms with Crippen LogP contribution in [0, 0.1) is 0 Å². The van der Waals surface area contributed by atoms with Gasteiger partial charge in [0.25, 0.3) is 0 Å². The van der Waals surface area contributed by atoms with E-state index in [-0.39, 0.29) is 19.1 Å². The second-order valence-corrected chi connectivity index (χ2v) is 5.44. The van der Waals surface area contributed by atoms with Gasteiger partial charge in [0.1, 0.15) is 6.54 Å². The van der Waals surface area contributed by atoms with Crippen molar-refractivity contribution in [2.24, 2.45) is 0 Å². The molecule has 0 aromatic rings. The van der Waals surface area contributed by atoms with Crippen molar-refractivity contribution in [3.05, 3.63) is 0 Å². The zero-order chi connectivity index (χ0) is 14.3. The number of hydrogen-bond donors (Lipinski definition) is 0. The number of carbonyl (C=O) groups excluding carboxylic acids is 1. The smallest absolute Gasteiger partial charge is 0.378 e. The van der Waals surface area contributed by atoms with Gasteiger partial charge in [-0.2, -0.15) is 13.2 Å². The first-order valence-electron chi connectivity index (χ1n) is 6.44. The molecule has 7 heteroatoms. The molecule has 0 saturated carbocycles. The molecule has 1 amide bonds. The molecule has 112 valence electrons. The maximum Gasteiger partial charge on any atom is 0.406 e. The molecular weight excluding hydrogens is 327 g/mol. The molecule has 1 aliphatic rings. The predicted octanol–water partition coefficient (Wildman–Crippen LogP) is 3.12. The first-order chi connectivity index (χ1) is 8.92. The van der Waals surface area contributed by atoms with E-state index in [1.165, 1.54) is 0 Å². The van der Waals surface area contributed by atoms with Crippen LogP contribution in [0.25, 0.3) is 0 Å². The van der Waals surface area contributed by atoms with E-state index in [9.17, 15) is 18.0 Å². The topological polar surface area (TPSA) is 29.5 Å². The average Bonchev–Trinajstić information content (AvgIpc) is 2.35. The van der Waals surface area contributed by atoms with Crippen molar-refractivity contribution in [3.63, 3.8) is 0 Å².